The van der Waals surface area contributed by atoms with Gasteiger partial charge in [-0.3, -0.25) is 0 Å². The Hall–Kier alpha value is -0.995. The van der Waals surface area contributed by atoms with E-state index in [9.17, 15) is 0 Å². The van der Waals surface area contributed by atoms with Crippen LogP contribution in [0.25, 0.3) is 0 Å². The highest BCUT2D eigenvalue weighted by atomic mass is 16.7. The van der Waals surface area contributed by atoms with Crippen LogP contribution in [0.2, 0.25) is 0 Å². The van der Waals surface area contributed by atoms with Crippen molar-refractivity contribution in [2.24, 2.45) is 0 Å². The molecule has 2 fully saturated rings. The first-order chi connectivity index (χ1) is 9.84. The predicted molar refractivity (Wildman–Crippen MR) is 85.3 cm³/mol. The summed E-state index contributed by atoms with van der Waals surface area (Å²) >= 11 is 0. The van der Waals surface area contributed by atoms with Crippen molar-refractivity contribution in [3.8, 4) is 5.75 Å². The maximum atomic E-state index is 6.13. The Morgan fingerprint density at radius 1 is 1.10 bits per heavy atom. The molecule has 0 unspecified atom stereocenters. The van der Waals surface area contributed by atoms with E-state index in [1.54, 1.807) is 7.11 Å². The molecule has 0 bridgehead atoms. The first kappa shape index (κ1) is 14.9. The molecule has 0 aromatic heterocycles. The molecule has 1 heterocycles. The molecule has 0 N–H and O–H groups in total. The van der Waals surface area contributed by atoms with Gasteiger partial charge in [0.15, 0.2) is 0 Å². The van der Waals surface area contributed by atoms with Crippen LogP contribution in [0.3, 0.4) is 0 Å². The molecule has 1 aromatic rings. The van der Waals surface area contributed by atoms with E-state index in [0.717, 1.165) is 11.2 Å². The van der Waals surface area contributed by atoms with Crippen LogP contribution in [0.4, 0.5) is 0 Å². The van der Waals surface area contributed by atoms with Crippen molar-refractivity contribution in [2.75, 3.05) is 7.11 Å². The van der Waals surface area contributed by atoms with E-state index in [0.29, 0.717) is 5.92 Å². The topological polar surface area (TPSA) is 27.7 Å². The molecule has 3 rings (SSSR count). The molecule has 0 spiro atoms. The van der Waals surface area contributed by atoms with Gasteiger partial charge in [0.25, 0.3) is 0 Å². The zero-order valence-corrected chi connectivity index (χ0v) is 13.7. The Morgan fingerprint density at radius 3 is 2.19 bits per heavy atom. The van der Waals surface area contributed by atoms with E-state index in [1.165, 1.54) is 24.8 Å². The van der Waals surface area contributed by atoms with Crippen LogP contribution in [-0.2, 0) is 9.31 Å². The summed E-state index contributed by atoms with van der Waals surface area (Å²) in [6, 6.07) is 6.46. The summed E-state index contributed by atoms with van der Waals surface area (Å²) in [5, 5.41) is 0. The molecule has 3 nitrogen and oxygen atoms in total. The lowest BCUT2D eigenvalue weighted by Gasteiger charge is -2.32. The molecule has 2 aliphatic rings. The van der Waals surface area contributed by atoms with Crippen LogP contribution < -0.4 is 10.2 Å². The molecule has 1 aromatic carbocycles. The zero-order valence-electron chi connectivity index (χ0n) is 13.7. The maximum absolute atomic E-state index is 6.13. The Balaban J connectivity index is 1.89. The smallest absolute Gasteiger partial charge is 0.497 e. The fourth-order valence-corrected chi connectivity index (χ4v) is 2.89. The highest BCUT2D eigenvalue weighted by Gasteiger charge is 2.52. The summed E-state index contributed by atoms with van der Waals surface area (Å²) in [5.41, 5.74) is 1.71. The summed E-state index contributed by atoms with van der Waals surface area (Å²) < 4.78 is 17.9. The van der Waals surface area contributed by atoms with Gasteiger partial charge in [-0.05, 0) is 58.1 Å². The van der Waals surface area contributed by atoms with Gasteiger partial charge >= 0.3 is 7.12 Å². The van der Waals surface area contributed by atoms with E-state index in [1.807, 2.05) is 0 Å². The Labute approximate surface area is 128 Å². The first-order valence-electron chi connectivity index (χ1n) is 7.87. The highest BCUT2D eigenvalue weighted by molar-refractivity contribution is 6.63. The molecular weight excluding hydrogens is 263 g/mol. The second kappa shape index (κ2) is 5.03. The molecular formula is C17H25BO3. The van der Waals surface area contributed by atoms with Gasteiger partial charge in [0.1, 0.15) is 5.75 Å². The lowest BCUT2D eigenvalue weighted by molar-refractivity contribution is 0.00578. The summed E-state index contributed by atoms with van der Waals surface area (Å²) in [6.07, 6.45) is 3.92. The molecule has 0 amide bonds. The molecule has 0 atom stereocenters. The number of rotatable bonds is 3. The maximum Gasteiger partial charge on any atom is 0.498 e. The van der Waals surface area contributed by atoms with Crippen LogP contribution in [0, 0.1) is 0 Å². The van der Waals surface area contributed by atoms with E-state index < -0.39 is 0 Å². The molecule has 0 radical (unpaired) electrons. The Bertz CT molecular complexity index is 519. The minimum Gasteiger partial charge on any atom is -0.497 e. The van der Waals surface area contributed by atoms with Crippen LogP contribution in [-0.4, -0.2) is 25.4 Å². The summed E-state index contributed by atoms with van der Waals surface area (Å²) in [6.45, 7) is 8.29. The monoisotopic (exact) mass is 288 g/mol. The zero-order chi connectivity index (χ0) is 15.3. The van der Waals surface area contributed by atoms with Gasteiger partial charge in [0.2, 0.25) is 0 Å². The van der Waals surface area contributed by atoms with Crippen molar-refractivity contribution in [3.63, 3.8) is 0 Å². The SMILES string of the molecule is COc1cc(C2CCC2)ccc1B1OC(C)(C)C(C)(C)O1. The van der Waals surface area contributed by atoms with Crippen molar-refractivity contribution < 1.29 is 14.0 Å². The third kappa shape index (κ3) is 2.49. The predicted octanol–water partition coefficient (Wildman–Crippen LogP) is 3.26. The number of ether oxygens (including phenoxy) is 1. The summed E-state index contributed by atoms with van der Waals surface area (Å²) in [5.74, 6) is 1.57. The van der Waals surface area contributed by atoms with Crippen molar-refractivity contribution in [1.82, 2.24) is 0 Å². The van der Waals surface area contributed by atoms with E-state index >= 15 is 0 Å². The van der Waals surface area contributed by atoms with Gasteiger partial charge < -0.3 is 14.0 Å². The highest BCUT2D eigenvalue weighted by Crippen LogP contribution is 2.39. The average molecular weight is 288 g/mol. The normalized spacial score (nSPS) is 24.0. The Kier molecular flexibility index (Phi) is 3.57. The van der Waals surface area contributed by atoms with E-state index in [2.05, 4.69) is 45.9 Å². The van der Waals surface area contributed by atoms with Crippen LogP contribution in [0.5, 0.6) is 5.75 Å². The van der Waals surface area contributed by atoms with Gasteiger partial charge in [0, 0.05) is 5.46 Å². The molecule has 1 aliphatic heterocycles. The Morgan fingerprint density at radius 2 is 1.71 bits per heavy atom. The second-order valence-electron chi connectivity index (χ2n) is 7.22. The quantitative estimate of drug-likeness (QED) is 0.799. The van der Waals surface area contributed by atoms with Crippen molar-refractivity contribution >= 4 is 12.6 Å². The van der Waals surface area contributed by atoms with Crippen molar-refractivity contribution in [1.29, 1.82) is 0 Å². The molecule has 114 valence electrons. The number of hydrogen-bond donors (Lipinski definition) is 0. The van der Waals surface area contributed by atoms with Gasteiger partial charge in [0.05, 0.1) is 18.3 Å². The van der Waals surface area contributed by atoms with Gasteiger partial charge in [-0.1, -0.05) is 18.6 Å². The standard InChI is InChI=1S/C17H25BO3/c1-16(2)17(3,4)21-18(20-16)14-10-9-13(11-15(14)19-5)12-7-6-8-12/h9-12H,6-8H2,1-5H3. The lowest BCUT2D eigenvalue weighted by Crippen LogP contribution is -2.41. The number of methoxy groups -OCH3 is 1. The van der Waals surface area contributed by atoms with Crippen molar-refractivity contribution in [2.45, 2.75) is 64.1 Å². The van der Waals surface area contributed by atoms with Gasteiger partial charge in [-0.2, -0.15) is 0 Å². The van der Waals surface area contributed by atoms with Crippen LogP contribution in [0.1, 0.15) is 58.4 Å². The van der Waals surface area contributed by atoms with Gasteiger partial charge in [-0.15, -0.1) is 0 Å². The third-order valence-electron chi connectivity index (χ3n) is 5.34. The minimum atomic E-state index is -0.361. The summed E-state index contributed by atoms with van der Waals surface area (Å²) in [7, 11) is 1.36. The number of hydrogen-bond acceptors (Lipinski definition) is 3. The second-order valence-corrected chi connectivity index (χ2v) is 7.22. The van der Waals surface area contributed by atoms with E-state index in [4.69, 9.17) is 14.0 Å². The fourth-order valence-electron chi connectivity index (χ4n) is 2.89. The fraction of sp³-hybridized carbons (Fsp3) is 0.647. The molecule has 1 saturated carbocycles. The minimum absolute atomic E-state index is 0.324. The molecule has 1 aliphatic carbocycles. The molecule has 1 saturated heterocycles. The van der Waals surface area contributed by atoms with E-state index in [-0.39, 0.29) is 18.3 Å². The third-order valence-corrected chi connectivity index (χ3v) is 5.34. The van der Waals surface area contributed by atoms with Gasteiger partial charge in [-0.25, -0.2) is 0 Å². The van der Waals surface area contributed by atoms with Crippen LogP contribution >= 0.6 is 0 Å². The molecule has 21 heavy (non-hydrogen) atoms. The van der Waals surface area contributed by atoms with Crippen molar-refractivity contribution in [3.05, 3.63) is 23.8 Å². The average Bonchev–Trinajstić information content (AvgIpc) is 2.56. The number of benzene rings is 1. The largest absolute Gasteiger partial charge is 0.498 e. The summed E-state index contributed by atoms with van der Waals surface area (Å²) in [4.78, 5) is 0. The first-order valence-corrected chi connectivity index (χ1v) is 7.87. The van der Waals surface area contributed by atoms with Crippen LogP contribution in [0.15, 0.2) is 18.2 Å². The lowest BCUT2D eigenvalue weighted by atomic mass is 9.75. The molecule has 4 heteroatoms.